The van der Waals surface area contributed by atoms with E-state index in [0.717, 1.165) is 49.5 Å². The van der Waals surface area contributed by atoms with Crippen molar-refractivity contribution in [1.82, 2.24) is 10.2 Å². The quantitative estimate of drug-likeness (QED) is 0.751. The molecule has 1 atom stereocenters. The van der Waals surface area contributed by atoms with Crippen LogP contribution >= 0.6 is 0 Å². The van der Waals surface area contributed by atoms with Gasteiger partial charge >= 0.3 is 0 Å². The van der Waals surface area contributed by atoms with Crippen molar-refractivity contribution in [2.45, 2.75) is 32.4 Å². The zero-order valence-electron chi connectivity index (χ0n) is 14.1. The number of nitrogens with one attached hydrogen (secondary N) is 1. The molecule has 0 fully saturated rings. The van der Waals surface area contributed by atoms with Crippen LogP contribution < -0.4 is 14.8 Å². The van der Waals surface area contributed by atoms with Crippen molar-refractivity contribution in [3.63, 3.8) is 0 Å². The average molecular weight is 308 g/mol. The molecule has 5 heteroatoms. The molecule has 1 heterocycles. The molecule has 0 radical (unpaired) electrons. The summed E-state index contributed by atoms with van der Waals surface area (Å²) in [5, 5.41) is 12.2. The summed E-state index contributed by atoms with van der Waals surface area (Å²) in [6.07, 6.45) is 1.73. The highest BCUT2D eigenvalue weighted by Crippen LogP contribution is 2.42. The maximum absolute atomic E-state index is 8.87. The van der Waals surface area contributed by atoms with Crippen molar-refractivity contribution in [3.8, 4) is 11.5 Å². The molecule has 1 aromatic carbocycles. The summed E-state index contributed by atoms with van der Waals surface area (Å²) in [4.78, 5) is 2.34. The Hall–Kier alpha value is -1.30. The molecule has 0 amide bonds. The second-order valence-corrected chi connectivity index (χ2v) is 5.82. The molecule has 1 aromatic rings. The van der Waals surface area contributed by atoms with E-state index in [4.69, 9.17) is 14.6 Å². The second-order valence-electron chi connectivity index (χ2n) is 5.82. The van der Waals surface area contributed by atoms with E-state index in [-0.39, 0.29) is 6.61 Å². The molecule has 5 nitrogen and oxygen atoms in total. The Balaban J connectivity index is 2.35. The number of fused-ring (bicyclic) bond motifs is 1. The lowest BCUT2D eigenvalue weighted by molar-refractivity contribution is 0.236. The van der Waals surface area contributed by atoms with Crippen LogP contribution in [0.15, 0.2) is 6.07 Å². The van der Waals surface area contributed by atoms with E-state index in [9.17, 15) is 0 Å². The van der Waals surface area contributed by atoms with Gasteiger partial charge in [-0.15, -0.1) is 0 Å². The fraction of sp³-hybridized carbons (Fsp3) is 0.647. The first kappa shape index (κ1) is 17.1. The molecule has 0 aliphatic carbocycles. The molecule has 1 aliphatic rings. The lowest BCUT2D eigenvalue weighted by atomic mass is 9.90. The Labute approximate surface area is 133 Å². The molecule has 2 N–H and O–H groups in total. The summed E-state index contributed by atoms with van der Waals surface area (Å²) in [6.45, 7) is 4.95. The number of nitrogens with zero attached hydrogens (tertiary/aromatic N) is 1. The van der Waals surface area contributed by atoms with E-state index in [1.165, 1.54) is 11.1 Å². The van der Waals surface area contributed by atoms with E-state index < -0.39 is 0 Å². The topological polar surface area (TPSA) is 54.0 Å². The van der Waals surface area contributed by atoms with Crippen molar-refractivity contribution in [1.29, 1.82) is 0 Å². The summed E-state index contributed by atoms with van der Waals surface area (Å²) < 4.78 is 11.4. The van der Waals surface area contributed by atoms with Gasteiger partial charge in [0.1, 0.15) is 11.5 Å². The second kappa shape index (κ2) is 7.81. The Kier molecular flexibility index (Phi) is 6.06. The Morgan fingerprint density at radius 3 is 2.77 bits per heavy atom. The normalized spacial score (nSPS) is 18.1. The van der Waals surface area contributed by atoms with Gasteiger partial charge in [0.05, 0.1) is 14.2 Å². The minimum absolute atomic E-state index is 0.210. The number of ether oxygens (including phenoxy) is 2. The maximum Gasteiger partial charge on any atom is 0.127 e. The van der Waals surface area contributed by atoms with Crippen LogP contribution in [0, 0.1) is 0 Å². The molecule has 0 spiro atoms. The van der Waals surface area contributed by atoms with Crippen LogP contribution in [-0.2, 0) is 13.0 Å². The fourth-order valence-electron chi connectivity index (χ4n) is 3.16. The van der Waals surface area contributed by atoms with Crippen LogP contribution in [0.4, 0.5) is 0 Å². The molecule has 22 heavy (non-hydrogen) atoms. The molecule has 0 bridgehead atoms. The highest BCUT2D eigenvalue weighted by molar-refractivity contribution is 5.56. The van der Waals surface area contributed by atoms with Crippen LogP contribution in [0.3, 0.4) is 0 Å². The first-order valence-electron chi connectivity index (χ1n) is 7.92. The zero-order chi connectivity index (χ0) is 16.1. The standard InChI is InChI=1S/C17H28N2O3/c1-12-16-14(6-8-19(12)2)17(22-4)13(10-15(16)21-3)11-18-7-5-9-20/h10,12,18,20H,5-9,11H2,1-4H3. The van der Waals surface area contributed by atoms with Gasteiger partial charge in [-0.1, -0.05) is 0 Å². The highest BCUT2D eigenvalue weighted by atomic mass is 16.5. The average Bonchev–Trinajstić information content (AvgIpc) is 2.53. The Morgan fingerprint density at radius 2 is 2.14 bits per heavy atom. The third-order valence-corrected chi connectivity index (χ3v) is 4.51. The van der Waals surface area contributed by atoms with Gasteiger partial charge in [0.25, 0.3) is 0 Å². The van der Waals surface area contributed by atoms with Crippen LogP contribution in [0.5, 0.6) is 11.5 Å². The van der Waals surface area contributed by atoms with Crippen LogP contribution in [0.1, 0.15) is 36.1 Å². The first-order chi connectivity index (χ1) is 10.6. The Bertz CT molecular complexity index is 505. The predicted molar refractivity (Wildman–Crippen MR) is 87.7 cm³/mol. The molecule has 0 saturated carbocycles. The number of aliphatic hydroxyl groups excluding tert-OH is 1. The minimum Gasteiger partial charge on any atom is -0.496 e. The molecule has 2 rings (SSSR count). The molecule has 0 aromatic heterocycles. The van der Waals surface area contributed by atoms with E-state index in [1.807, 2.05) is 0 Å². The van der Waals surface area contributed by atoms with Gasteiger partial charge in [-0.2, -0.15) is 0 Å². The Morgan fingerprint density at radius 1 is 1.36 bits per heavy atom. The van der Waals surface area contributed by atoms with E-state index in [0.29, 0.717) is 6.04 Å². The van der Waals surface area contributed by atoms with E-state index in [2.05, 4.69) is 30.3 Å². The van der Waals surface area contributed by atoms with Gasteiger partial charge in [0.2, 0.25) is 0 Å². The summed E-state index contributed by atoms with van der Waals surface area (Å²) >= 11 is 0. The molecular weight excluding hydrogens is 280 g/mol. The molecule has 1 unspecified atom stereocenters. The molecule has 0 saturated heterocycles. The van der Waals surface area contributed by atoms with Gasteiger partial charge in [0.15, 0.2) is 0 Å². The lowest BCUT2D eigenvalue weighted by Crippen LogP contribution is -2.31. The lowest BCUT2D eigenvalue weighted by Gasteiger charge is -2.34. The van der Waals surface area contributed by atoms with E-state index in [1.54, 1.807) is 14.2 Å². The zero-order valence-corrected chi connectivity index (χ0v) is 14.1. The monoisotopic (exact) mass is 308 g/mol. The highest BCUT2D eigenvalue weighted by Gasteiger charge is 2.29. The summed E-state index contributed by atoms with van der Waals surface area (Å²) in [5.41, 5.74) is 3.63. The van der Waals surface area contributed by atoms with Crippen molar-refractivity contribution < 1.29 is 14.6 Å². The number of rotatable bonds is 7. The first-order valence-corrected chi connectivity index (χ1v) is 7.92. The number of hydrogen-bond acceptors (Lipinski definition) is 5. The summed E-state index contributed by atoms with van der Waals surface area (Å²) in [5.74, 6) is 1.92. The van der Waals surface area contributed by atoms with Gasteiger partial charge in [0, 0.05) is 42.4 Å². The van der Waals surface area contributed by atoms with Crippen LogP contribution in [-0.4, -0.2) is 51.0 Å². The van der Waals surface area contributed by atoms with Gasteiger partial charge < -0.3 is 19.9 Å². The SMILES string of the molecule is COc1cc(CNCCCO)c(OC)c2c1C(C)N(C)CC2. The van der Waals surface area contributed by atoms with Crippen LogP contribution in [0.25, 0.3) is 0 Å². The van der Waals surface area contributed by atoms with Crippen molar-refractivity contribution in [2.75, 3.05) is 41.0 Å². The number of benzene rings is 1. The molecule has 1 aliphatic heterocycles. The largest absolute Gasteiger partial charge is 0.496 e. The van der Waals surface area contributed by atoms with Crippen molar-refractivity contribution in [3.05, 3.63) is 22.8 Å². The van der Waals surface area contributed by atoms with Gasteiger partial charge in [-0.3, -0.25) is 4.90 Å². The predicted octanol–water partition coefficient (Wildman–Crippen LogP) is 1.72. The smallest absolute Gasteiger partial charge is 0.127 e. The van der Waals surface area contributed by atoms with Gasteiger partial charge in [-0.25, -0.2) is 0 Å². The third-order valence-electron chi connectivity index (χ3n) is 4.51. The third kappa shape index (κ3) is 3.37. The van der Waals surface area contributed by atoms with Crippen LogP contribution in [0.2, 0.25) is 0 Å². The van der Waals surface area contributed by atoms with Gasteiger partial charge in [-0.05, 0) is 39.4 Å². The fourth-order valence-corrected chi connectivity index (χ4v) is 3.16. The minimum atomic E-state index is 0.210. The van der Waals surface area contributed by atoms with Crippen molar-refractivity contribution >= 4 is 0 Å². The number of aliphatic hydroxyl groups is 1. The summed E-state index contributed by atoms with van der Waals surface area (Å²) in [6, 6.07) is 2.41. The number of hydrogen-bond donors (Lipinski definition) is 2. The van der Waals surface area contributed by atoms with Crippen molar-refractivity contribution in [2.24, 2.45) is 0 Å². The maximum atomic E-state index is 8.87. The number of likely N-dealkylation sites (N-methyl/N-ethyl adjacent to an activating group) is 1. The molecule has 124 valence electrons. The summed E-state index contributed by atoms with van der Waals surface area (Å²) in [7, 11) is 5.61. The molecular formula is C17H28N2O3. The number of methoxy groups -OCH3 is 2. The van der Waals surface area contributed by atoms with E-state index >= 15 is 0 Å².